The number of ether oxygens (including phenoxy) is 1. The average molecular weight is 324 g/mol. The number of hydrogen-bond donors (Lipinski definition) is 1. The molecule has 5 nitrogen and oxygen atoms in total. The Morgan fingerprint density at radius 2 is 2.13 bits per heavy atom. The van der Waals surface area contributed by atoms with Gasteiger partial charge in [-0.25, -0.2) is 9.78 Å². The van der Waals surface area contributed by atoms with Crippen LogP contribution in [0.5, 0.6) is 5.88 Å². The number of aromatic carboxylic acids is 1. The largest absolute Gasteiger partial charge is 0.477 e. The van der Waals surface area contributed by atoms with Gasteiger partial charge in [0.25, 0.3) is 0 Å². The number of nitrogens with zero attached hydrogens (tertiary/aromatic N) is 2. The van der Waals surface area contributed by atoms with Crippen LogP contribution in [-0.2, 0) is 6.18 Å². The van der Waals surface area contributed by atoms with Crippen molar-refractivity contribution < 1.29 is 27.8 Å². The van der Waals surface area contributed by atoms with Crippen molar-refractivity contribution >= 4 is 5.97 Å². The van der Waals surface area contributed by atoms with Gasteiger partial charge in [0.15, 0.2) is 5.82 Å². The van der Waals surface area contributed by atoms with Gasteiger partial charge in [0.1, 0.15) is 12.2 Å². The van der Waals surface area contributed by atoms with Gasteiger partial charge in [0.05, 0.1) is 5.56 Å². The van der Waals surface area contributed by atoms with E-state index in [0.29, 0.717) is 0 Å². The highest BCUT2D eigenvalue weighted by molar-refractivity contribution is 5.90. The van der Waals surface area contributed by atoms with Crippen LogP contribution in [-0.4, -0.2) is 27.7 Å². The molecule has 1 heterocycles. The molecular weight excluding hydrogens is 313 g/mol. The first-order valence-corrected chi connectivity index (χ1v) is 6.34. The van der Waals surface area contributed by atoms with Gasteiger partial charge in [-0.15, -0.1) is 0 Å². The van der Waals surface area contributed by atoms with Crippen LogP contribution in [0.25, 0.3) is 11.4 Å². The summed E-state index contributed by atoms with van der Waals surface area (Å²) in [4.78, 5) is 18.8. The number of alkyl halides is 3. The van der Waals surface area contributed by atoms with E-state index in [1.807, 2.05) is 0 Å². The summed E-state index contributed by atoms with van der Waals surface area (Å²) in [5, 5.41) is 9.04. The van der Waals surface area contributed by atoms with Crippen LogP contribution in [0.4, 0.5) is 13.2 Å². The number of halogens is 3. The maximum absolute atomic E-state index is 12.7. The predicted octanol–water partition coefficient (Wildman–Crippen LogP) is 3.43. The summed E-state index contributed by atoms with van der Waals surface area (Å²) in [6, 6.07) is 4.41. The molecule has 1 aromatic carbocycles. The Balaban J connectivity index is 2.48. The van der Waals surface area contributed by atoms with Gasteiger partial charge >= 0.3 is 12.1 Å². The predicted molar refractivity (Wildman–Crippen MR) is 75.1 cm³/mol. The van der Waals surface area contributed by atoms with E-state index < -0.39 is 17.7 Å². The van der Waals surface area contributed by atoms with E-state index >= 15 is 0 Å². The number of aromatic nitrogens is 2. The maximum atomic E-state index is 12.7. The summed E-state index contributed by atoms with van der Waals surface area (Å²) in [7, 11) is 0. The molecule has 0 aliphatic rings. The van der Waals surface area contributed by atoms with Crippen molar-refractivity contribution in [3.05, 3.63) is 54.2 Å². The van der Waals surface area contributed by atoms with E-state index in [1.165, 1.54) is 18.2 Å². The van der Waals surface area contributed by atoms with E-state index in [2.05, 4.69) is 16.5 Å². The SMILES string of the molecule is C=CCOc1nc(-c2cccc(C(F)(F)F)c2)ncc1C(=O)O. The molecule has 0 radical (unpaired) electrons. The second-order valence-electron chi connectivity index (χ2n) is 4.40. The van der Waals surface area contributed by atoms with Crippen molar-refractivity contribution in [3.63, 3.8) is 0 Å². The Kier molecular flexibility index (Phi) is 4.63. The number of carbonyl (C=O) groups is 1. The fourth-order valence-electron chi connectivity index (χ4n) is 1.73. The van der Waals surface area contributed by atoms with Gasteiger partial charge in [-0.05, 0) is 12.1 Å². The highest BCUT2D eigenvalue weighted by atomic mass is 19.4. The van der Waals surface area contributed by atoms with Crippen molar-refractivity contribution in [3.8, 4) is 17.3 Å². The summed E-state index contributed by atoms with van der Waals surface area (Å²) in [5.74, 6) is -1.61. The molecule has 0 saturated heterocycles. The lowest BCUT2D eigenvalue weighted by Gasteiger charge is -2.10. The van der Waals surface area contributed by atoms with Gasteiger partial charge in [-0.2, -0.15) is 18.2 Å². The Hall–Kier alpha value is -2.90. The van der Waals surface area contributed by atoms with Gasteiger partial charge in [-0.3, -0.25) is 0 Å². The van der Waals surface area contributed by atoms with E-state index in [0.717, 1.165) is 18.3 Å². The minimum atomic E-state index is -4.50. The lowest BCUT2D eigenvalue weighted by atomic mass is 10.1. The standard InChI is InChI=1S/C15H11F3N2O3/c1-2-6-23-13-11(14(21)22)8-19-12(20-13)9-4-3-5-10(7-9)15(16,17)18/h2-5,7-8H,1,6H2,(H,21,22). The number of carboxylic acid groups (broad SMARTS) is 1. The molecule has 0 fully saturated rings. The second-order valence-corrected chi connectivity index (χ2v) is 4.40. The number of carboxylic acids is 1. The van der Waals surface area contributed by atoms with Gasteiger partial charge < -0.3 is 9.84 Å². The van der Waals surface area contributed by atoms with Crippen LogP contribution < -0.4 is 4.74 Å². The first kappa shape index (κ1) is 16.5. The summed E-state index contributed by atoms with van der Waals surface area (Å²) in [6.45, 7) is 3.43. The van der Waals surface area contributed by atoms with Crippen molar-refractivity contribution in [2.45, 2.75) is 6.18 Å². The molecular formula is C15H11F3N2O3. The Labute approximate surface area is 129 Å². The molecule has 0 amide bonds. The van der Waals surface area contributed by atoms with E-state index in [-0.39, 0.29) is 29.4 Å². The molecule has 23 heavy (non-hydrogen) atoms. The summed E-state index contributed by atoms with van der Waals surface area (Å²) < 4.78 is 43.4. The van der Waals surface area contributed by atoms with Gasteiger partial charge in [-0.1, -0.05) is 24.8 Å². The van der Waals surface area contributed by atoms with Crippen molar-refractivity contribution in [1.29, 1.82) is 0 Å². The molecule has 0 aliphatic carbocycles. The smallest absolute Gasteiger partial charge is 0.416 e. The normalized spacial score (nSPS) is 11.1. The fourth-order valence-corrected chi connectivity index (χ4v) is 1.73. The molecule has 0 spiro atoms. The molecule has 0 unspecified atom stereocenters. The first-order chi connectivity index (χ1) is 10.8. The van der Waals surface area contributed by atoms with Crippen molar-refractivity contribution in [1.82, 2.24) is 9.97 Å². The summed E-state index contributed by atoms with van der Waals surface area (Å²) in [6.07, 6.45) is -2.12. The maximum Gasteiger partial charge on any atom is 0.416 e. The lowest BCUT2D eigenvalue weighted by Crippen LogP contribution is -2.08. The number of rotatable bonds is 5. The quantitative estimate of drug-likeness (QED) is 0.853. The third-order valence-electron chi connectivity index (χ3n) is 2.77. The van der Waals surface area contributed by atoms with Gasteiger partial charge in [0, 0.05) is 11.8 Å². The molecule has 0 aliphatic heterocycles. The Bertz CT molecular complexity index is 745. The van der Waals surface area contributed by atoms with Crippen LogP contribution in [0.3, 0.4) is 0 Å². The van der Waals surface area contributed by atoms with Crippen LogP contribution in [0, 0.1) is 0 Å². The molecule has 0 saturated carbocycles. The monoisotopic (exact) mass is 324 g/mol. The highest BCUT2D eigenvalue weighted by Crippen LogP contribution is 2.31. The van der Waals surface area contributed by atoms with Crippen molar-refractivity contribution in [2.75, 3.05) is 6.61 Å². The minimum absolute atomic E-state index is 0.000671. The van der Waals surface area contributed by atoms with Crippen LogP contribution in [0.1, 0.15) is 15.9 Å². The highest BCUT2D eigenvalue weighted by Gasteiger charge is 2.30. The fraction of sp³-hybridized carbons (Fsp3) is 0.133. The van der Waals surface area contributed by atoms with Crippen LogP contribution >= 0.6 is 0 Å². The zero-order valence-electron chi connectivity index (χ0n) is 11.7. The first-order valence-electron chi connectivity index (χ1n) is 6.34. The minimum Gasteiger partial charge on any atom is -0.477 e. The second kappa shape index (κ2) is 6.47. The van der Waals surface area contributed by atoms with E-state index in [4.69, 9.17) is 9.84 Å². The lowest BCUT2D eigenvalue weighted by molar-refractivity contribution is -0.137. The van der Waals surface area contributed by atoms with E-state index in [1.54, 1.807) is 0 Å². The molecule has 0 atom stereocenters. The molecule has 1 N–H and O–H groups in total. The molecule has 2 aromatic rings. The summed E-state index contributed by atoms with van der Waals surface area (Å²) >= 11 is 0. The average Bonchev–Trinajstić information content (AvgIpc) is 2.51. The molecule has 2 rings (SSSR count). The Morgan fingerprint density at radius 1 is 1.39 bits per heavy atom. The zero-order valence-corrected chi connectivity index (χ0v) is 11.7. The molecule has 1 aromatic heterocycles. The van der Waals surface area contributed by atoms with Crippen LogP contribution in [0.2, 0.25) is 0 Å². The number of hydrogen-bond acceptors (Lipinski definition) is 4. The molecule has 0 bridgehead atoms. The van der Waals surface area contributed by atoms with Crippen LogP contribution in [0.15, 0.2) is 43.1 Å². The number of benzene rings is 1. The summed E-state index contributed by atoms with van der Waals surface area (Å²) in [5.41, 5.74) is -1.04. The topological polar surface area (TPSA) is 72.3 Å². The van der Waals surface area contributed by atoms with Gasteiger partial charge in [0.2, 0.25) is 5.88 Å². The zero-order chi connectivity index (χ0) is 17.0. The third kappa shape index (κ3) is 3.85. The third-order valence-corrected chi connectivity index (χ3v) is 2.77. The van der Waals surface area contributed by atoms with Crippen molar-refractivity contribution in [2.24, 2.45) is 0 Å². The molecule has 8 heteroatoms. The van der Waals surface area contributed by atoms with E-state index in [9.17, 15) is 18.0 Å². The Morgan fingerprint density at radius 3 is 2.74 bits per heavy atom. The molecule has 120 valence electrons.